The van der Waals surface area contributed by atoms with Crippen molar-refractivity contribution < 1.29 is 18.0 Å². The van der Waals surface area contributed by atoms with E-state index in [2.05, 4.69) is 5.32 Å². The highest BCUT2D eigenvalue weighted by Crippen LogP contribution is 2.29. The zero-order valence-corrected chi connectivity index (χ0v) is 25.6. The van der Waals surface area contributed by atoms with Crippen molar-refractivity contribution in [1.82, 2.24) is 10.2 Å². The summed E-state index contributed by atoms with van der Waals surface area (Å²) in [6.45, 7) is 9.24. The second kappa shape index (κ2) is 13.5. The molecule has 0 unspecified atom stereocenters. The van der Waals surface area contributed by atoms with Gasteiger partial charge in [0.15, 0.2) is 0 Å². The maximum Gasteiger partial charge on any atom is 0.264 e. The number of hydrogen-bond acceptors (Lipinski definition) is 4. The fraction of sp³-hybridized carbons (Fsp3) is 0.333. The van der Waals surface area contributed by atoms with Crippen molar-refractivity contribution in [3.05, 3.63) is 93.5 Å². The Morgan fingerprint density at radius 1 is 0.900 bits per heavy atom. The minimum Gasteiger partial charge on any atom is -0.354 e. The maximum atomic E-state index is 13.9. The fourth-order valence-corrected chi connectivity index (χ4v) is 5.63. The number of anilines is 1. The van der Waals surface area contributed by atoms with E-state index in [-0.39, 0.29) is 29.0 Å². The first-order valence-electron chi connectivity index (χ1n) is 13.0. The number of nitrogens with one attached hydrogen (secondary N) is 1. The molecular weight excluding hydrogens is 569 g/mol. The molecule has 214 valence electrons. The van der Waals surface area contributed by atoms with E-state index in [0.29, 0.717) is 16.6 Å². The summed E-state index contributed by atoms with van der Waals surface area (Å²) in [5, 5.41) is 3.78. The number of sulfonamides is 1. The molecule has 10 heteroatoms. The normalized spacial score (nSPS) is 12.2. The van der Waals surface area contributed by atoms with Crippen molar-refractivity contribution in [2.75, 3.05) is 17.4 Å². The summed E-state index contributed by atoms with van der Waals surface area (Å²) in [5.74, 6) is -0.658. The number of nitrogens with zero attached hydrogens (tertiary/aromatic N) is 2. The van der Waals surface area contributed by atoms with E-state index < -0.39 is 28.5 Å². The van der Waals surface area contributed by atoms with E-state index in [9.17, 15) is 18.0 Å². The molecule has 3 aromatic rings. The molecular formula is C30H35Cl2N3O4S. The Labute approximate surface area is 247 Å². The number of carbonyl (C=O) groups is 2. The largest absolute Gasteiger partial charge is 0.354 e. The topological polar surface area (TPSA) is 86.8 Å². The van der Waals surface area contributed by atoms with Crippen LogP contribution in [0.5, 0.6) is 0 Å². The minimum absolute atomic E-state index is 0.0366. The van der Waals surface area contributed by atoms with Gasteiger partial charge in [-0.25, -0.2) is 8.42 Å². The number of halogens is 2. The molecule has 40 heavy (non-hydrogen) atoms. The lowest BCUT2D eigenvalue weighted by Gasteiger charge is -2.32. The molecule has 0 fully saturated rings. The number of amides is 2. The van der Waals surface area contributed by atoms with Crippen LogP contribution in [0, 0.1) is 19.8 Å². The van der Waals surface area contributed by atoms with E-state index in [0.717, 1.165) is 21.0 Å². The molecule has 0 aliphatic carbocycles. The Hall–Kier alpha value is -3.07. The summed E-state index contributed by atoms with van der Waals surface area (Å²) in [6, 6.07) is 17.3. The lowest BCUT2D eigenvalue weighted by molar-refractivity contribution is -0.139. The third-order valence-corrected chi connectivity index (χ3v) is 8.90. The first kappa shape index (κ1) is 31.5. The molecule has 3 aromatic carbocycles. The van der Waals surface area contributed by atoms with Crippen molar-refractivity contribution in [2.24, 2.45) is 5.92 Å². The van der Waals surface area contributed by atoms with Crippen LogP contribution in [0.25, 0.3) is 0 Å². The summed E-state index contributed by atoms with van der Waals surface area (Å²) in [7, 11) is -4.17. The van der Waals surface area contributed by atoms with Crippen LogP contribution in [-0.2, 0) is 26.2 Å². The van der Waals surface area contributed by atoms with Gasteiger partial charge in [-0.05, 0) is 74.2 Å². The zero-order valence-electron chi connectivity index (χ0n) is 23.3. The molecule has 0 radical (unpaired) electrons. The minimum atomic E-state index is -4.17. The molecule has 0 aromatic heterocycles. The van der Waals surface area contributed by atoms with Gasteiger partial charge in [0.25, 0.3) is 10.0 Å². The lowest BCUT2D eigenvalue weighted by Crippen LogP contribution is -2.51. The van der Waals surface area contributed by atoms with Crippen LogP contribution in [0.4, 0.5) is 5.69 Å². The fourth-order valence-electron chi connectivity index (χ4n) is 3.92. The van der Waals surface area contributed by atoms with Crippen LogP contribution in [0.15, 0.2) is 71.6 Å². The van der Waals surface area contributed by atoms with Gasteiger partial charge < -0.3 is 10.2 Å². The third-order valence-electron chi connectivity index (χ3n) is 6.45. The van der Waals surface area contributed by atoms with Gasteiger partial charge in [0.05, 0.1) is 10.6 Å². The number of carbonyl (C=O) groups excluding carboxylic acids is 2. The highest BCUT2D eigenvalue weighted by molar-refractivity contribution is 7.92. The Kier molecular flexibility index (Phi) is 10.6. The second-order valence-corrected chi connectivity index (χ2v) is 12.9. The van der Waals surface area contributed by atoms with Gasteiger partial charge in [-0.1, -0.05) is 72.9 Å². The number of aryl methyl sites for hydroxylation is 2. The van der Waals surface area contributed by atoms with Crippen molar-refractivity contribution in [2.45, 2.75) is 52.1 Å². The van der Waals surface area contributed by atoms with Crippen LogP contribution < -0.4 is 9.62 Å². The monoisotopic (exact) mass is 603 g/mol. The van der Waals surface area contributed by atoms with Gasteiger partial charge in [-0.2, -0.15) is 0 Å². The molecule has 3 rings (SSSR count). The highest BCUT2D eigenvalue weighted by atomic mass is 35.5. The molecule has 0 heterocycles. The number of benzene rings is 3. The average Bonchev–Trinajstić information content (AvgIpc) is 2.91. The van der Waals surface area contributed by atoms with Gasteiger partial charge in [0, 0.05) is 23.1 Å². The van der Waals surface area contributed by atoms with E-state index >= 15 is 0 Å². The van der Waals surface area contributed by atoms with Crippen LogP contribution >= 0.6 is 23.2 Å². The molecule has 2 amide bonds. The molecule has 0 saturated heterocycles. The second-order valence-electron chi connectivity index (χ2n) is 10.2. The molecule has 0 aliphatic rings. The highest BCUT2D eigenvalue weighted by Gasteiger charge is 2.32. The zero-order chi connectivity index (χ0) is 29.6. The molecule has 7 nitrogen and oxygen atoms in total. The molecule has 0 saturated carbocycles. The predicted molar refractivity (Wildman–Crippen MR) is 161 cm³/mol. The molecule has 0 aliphatic heterocycles. The van der Waals surface area contributed by atoms with Gasteiger partial charge in [-0.3, -0.25) is 13.9 Å². The van der Waals surface area contributed by atoms with Gasteiger partial charge in [0.2, 0.25) is 11.8 Å². The van der Waals surface area contributed by atoms with E-state index in [1.54, 1.807) is 62.4 Å². The summed E-state index contributed by atoms with van der Waals surface area (Å²) in [4.78, 5) is 28.4. The smallest absolute Gasteiger partial charge is 0.264 e. The maximum absolute atomic E-state index is 13.9. The van der Waals surface area contributed by atoms with Crippen molar-refractivity contribution >= 4 is 50.7 Å². The summed E-state index contributed by atoms with van der Waals surface area (Å²) in [6.07, 6.45) is 0. The summed E-state index contributed by atoms with van der Waals surface area (Å²) >= 11 is 12.4. The standard InChI is InChI=1S/C30H35Cl2N3O4S/c1-20(2)17-33-30(37)23(5)34(18-24-9-11-25(31)12-10-24)29(36)19-35(26-13-8-22(4)28(32)16-26)40(38,39)27-14-6-21(3)7-15-27/h6-16,20,23H,17-19H2,1-5H3,(H,33,37)/t23-/m0/s1. The van der Waals surface area contributed by atoms with E-state index in [1.165, 1.54) is 23.1 Å². The Morgan fingerprint density at radius 3 is 2.10 bits per heavy atom. The van der Waals surface area contributed by atoms with Crippen molar-refractivity contribution in [1.29, 1.82) is 0 Å². The quantitative estimate of drug-likeness (QED) is 0.291. The van der Waals surface area contributed by atoms with Gasteiger partial charge in [-0.15, -0.1) is 0 Å². The molecule has 0 spiro atoms. The van der Waals surface area contributed by atoms with Crippen LogP contribution in [-0.4, -0.2) is 44.3 Å². The first-order chi connectivity index (χ1) is 18.8. The number of hydrogen-bond donors (Lipinski definition) is 1. The van der Waals surface area contributed by atoms with E-state index in [4.69, 9.17) is 23.2 Å². The lowest BCUT2D eigenvalue weighted by atomic mass is 10.1. The van der Waals surface area contributed by atoms with Gasteiger partial charge >= 0.3 is 0 Å². The predicted octanol–water partition coefficient (Wildman–Crippen LogP) is 6.00. The van der Waals surface area contributed by atoms with E-state index in [1.807, 2.05) is 20.8 Å². The van der Waals surface area contributed by atoms with Crippen molar-refractivity contribution in [3.8, 4) is 0 Å². The Bertz CT molecular complexity index is 1440. The number of rotatable bonds is 11. The average molecular weight is 605 g/mol. The van der Waals surface area contributed by atoms with Crippen molar-refractivity contribution in [3.63, 3.8) is 0 Å². The summed E-state index contributed by atoms with van der Waals surface area (Å²) in [5.41, 5.74) is 2.65. The molecule has 1 N–H and O–H groups in total. The molecule has 0 bridgehead atoms. The third kappa shape index (κ3) is 7.99. The van der Waals surface area contributed by atoms with Crippen LogP contribution in [0.1, 0.15) is 37.5 Å². The van der Waals surface area contributed by atoms with Crippen LogP contribution in [0.3, 0.4) is 0 Å². The Balaban J connectivity index is 2.03. The summed E-state index contributed by atoms with van der Waals surface area (Å²) < 4.78 is 28.8. The Morgan fingerprint density at radius 2 is 1.52 bits per heavy atom. The van der Waals surface area contributed by atoms with Gasteiger partial charge in [0.1, 0.15) is 12.6 Å². The molecule has 1 atom stereocenters. The van der Waals surface area contributed by atoms with Crippen LogP contribution in [0.2, 0.25) is 10.0 Å². The first-order valence-corrected chi connectivity index (χ1v) is 15.2. The SMILES string of the molecule is Cc1ccc(S(=O)(=O)N(CC(=O)N(Cc2ccc(Cl)cc2)[C@@H](C)C(=O)NCC(C)C)c2ccc(C)c(Cl)c2)cc1.